The average Bonchev–Trinajstić information content (AvgIpc) is 2.73. The normalized spacial score (nSPS) is 33.1. The van der Waals surface area contributed by atoms with Gasteiger partial charge in [-0.25, -0.2) is 0 Å². The summed E-state index contributed by atoms with van der Waals surface area (Å²) in [6.45, 7) is 3.18. The lowest BCUT2D eigenvalue weighted by molar-refractivity contribution is 0.251. The highest BCUT2D eigenvalue weighted by molar-refractivity contribution is 7.10. The number of hydrogen-bond acceptors (Lipinski definition) is 2. The van der Waals surface area contributed by atoms with Gasteiger partial charge in [0.2, 0.25) is 0 Å². The standard InChI is InChI=1S/C12H19NS/c1-10-4-6-12(9-13,7-5-10)11-3-2-8-14-11/h2-3,8,10H,4-7,9,13H2,1H3. The van der Waals surface area contributed by atoms with E-state index in [2.05, 4.69) is 24.4 Å². The Hall–Kier alpha value is -0.340. The van der Waals surface area contributed by atoms with Crippen LogP contribution in [0.4, 0.5) is 0 Å². The fourth-order valence-corrected chi connectivity index (χ4v) is 3.44. The highest BCUT2D eigenvalue weighted by atomic mass is 32.1. The zero-order valence-corrected chi connectivity index (χ0v) is 9.65. The van der Waals surface area contributed by atoms with Crippen LogP contribution in [0.2, 0.25) is 0 Å². The molecule has 0 aliphatic heterocycles. The summed E-state index contributed by atoms with van der Waals surface area (Å²) in [6, 6.07) is 4.41. The Labute approximate surface area is 90.3 Å². The van der Waals surface area contributed by atoms with Gasteiger partial charge in [0.1, 0.15) is 0 Å². The maximum atomic E-state index is 5.98. The minimum Gasteiger partial charge on any atom is -0.330 e. The molecule has 78 valence electrons. The summed E-state index contributed by atoms with van der Waals surface area (Å²) < 4.78 is 0. The van der Waals surface area contributed by atoms with Crippen LogP contribution < -0.4 is 5.73 Å². The second-order valence-corrected chi connectivity index (χ2v) is 5.59. The van der Waals surface area contributed by atoms with E-state index in [0.29, 0.717) is 5.41 Å². The second kappa shape index (κ2) is 4.03. The Morgan fingerprint density at radius 3 is 2.71 bits per heavy atom. The van der Waals surface area contributed by atoms with Crippen molar-refractivity contribution in [2.24, 2.45) is 11.7 Å². The van der Waals surface area contributed by atoms with Gasteiger partial charge in [-0.1, -0.05) is 13.0 Å². The van der Waals surface area contributed by atoms with Crippen LogP contribution in [0.15, 0.2) is 17.5 Å². The Balaban J connectivity index is 2.19. The van der Waals surface area contributed by atoms with E-state index in [1.54, 1.807) is 0 Å². The van der Waals surface area contributed by atoms with E-state index in [4.69, 9.17) is 5.73 Å². The molecular weight excluding hydrogens is 190 g/mol. The van der Waals surface area contributed by atoms with Crippen molar-refractivity contribution in [3.8, 4) is 0 Å². The van der Waals surface area contributed by atoms with Crippen LogP contribution in [0.5, 0.6) is 0 Å². The van der Waals surface area contributed by atoms with Crippen LogP contribution in [0.3, 0.4) is 0 Å². The maximum Gasteiger partial charge on any atom is 0.0170 e. The summed E-state index contributed by atoms with van der Waals surface area (Å²) in [5.41, 5.74) is 6.30. The summed E-state index contributed by atoms with van der Waals surface area (Å²) in [4.78, 5) is 1.51. The van der Waals surface area contributed by atoms with Gasteiger partial charge in [0, 0.05) is 16.8 Å². The number of thiophene rings is 1. The molecular formula is C12H19NS. The molecule has 1 saturated carbocycles. The van der Waals surface area contributed by atoms with E-state index in [1.807, 2.05) is 11.3 Å². The Morgan fingerprint density at radius 2 is 2.21 bits per heavy atom. The van der Waals surface area contributed by atoms with Crippen LogP contribution in [0.25, 0.3) is 0 Å². The van der Waals surface area contributed by atoms with Crippen molar-refractivity contribution in [3.63, 3.8) is 0 Å². The van der Waals surface area contributed by atoms with E-state index in [9.17, 15) is 0 Å². The van der Waals surface area contributed by atoms with E-state index >= 15 is 0 Å². The molecule has 0 saturated heterocycles. The first-order valence-corrected chi connectivity index (χ1v) is 6.39. The molecule has 14 heavy (non-hydrogen) atoms. The quantitative estimate of drug-likeness (QED) is 0.795. The number of nitrogens with two attached hydrogens (primary N) is 1. The van der Waals surface area contributed by atoms with Gasteiger partial charge in [-0.15, -0.1) is 11.3 Å². The molecule has 1 fully saturated rings. The second-order valence-electron chi connectivity index (χ2n) is 4.64. The molecule has 2 N–H and O–H groups in total. The van der Waals surface area contributed by atoms with E-state index < -0.39 is 0 Å². The first-order valence-electron chi connectivity index (χ1n) is 5.51. The van der Waals surface area contributed by atoms with Crippen molar-refractivity contribution >= 4 is 11.3 Å². The molecule has 1 aromatic heterocycles. The Morgan fingerprint density at radius 1 is 1.50 bits per heavy atom. The molecule has 0 bridgehead atoms. The van der Waals surface area contributed by atoms with Crippen molar-refractivity contribution in [3.05, 3.63) is 22.4 Å². The monoisotopic (exact) mass is 209 g/mol. The molecule has 0 radical (unpaired) electrons. The molecule has 2 heteroatoms. The minimum absolute atomic E-state index is 0.320. The van der Waals surface area contributed by atoms with Crippen LogP contribution in [-0.2, 0) is 5.41 Å². The number of hydrogen-bond donors (Lipinski definition) is 1. The third-order valence-electron chi connectivity index (χ3n) is 3.67. The van der Waals surface area contributed by atoms with Crippen molar-refractivity contribution in [1.82, 2.24) is 0 Å². The molecule has 2 rings (SSSR count). The smallest absolute Gasteiger partial charge is 0.0170 e. The fourth-order valence-electron chi connectivity index (χ4n) is 2.45. The zero-order chi connectivity index (χ0) is 10.0. The molecule has 0 spiro atoms. The third-order valence-corrected chi connectivity index (χ3v) is 4.78. The third kappa shape index (κ3) is 1.73. The summed E-state index contributed by atoms with van der Waals surface area (Å²) in [5, 5.41) is 2.17. The highest BCUT2D eigenvalue weighted by Gasteiger charge is 2.35. The molecule has 0 amide bonds. The largest absolute Gasteiger partial charge is 0.330 e. The number of rotatable bonds is 2. The lowest BCUT2D eigenvalue weighted by Gasteiger charge is -2.37. The topological polar surface area (TPSA) is 26.0 Å². The molecule has 1 aromatic rings. The van der Waals surface area contributed by atoms with E-state index in [1.165, 1.54) is 30.6 Å². The van der Waals surface area contributed by atoms with Crippen LogP contribution in [-0.4, -0.2) is 6.54 Å². The predicted octanol–water partition coefficient (Wildman–Crippen LogP) is 3.15. The highest BCUT2D eigenvalue weighted by Crippen LogP contribution is 2.42. The molecule has 0 aromatic carbocycles. The van der Waals surface area contributed by atoms with Gasteiger partial charge in [0.15, 0.2) is 0 Å². The van der Waals surface area contributed by atoms with Gasteiger partial charge in [-0.2, -0.15) is 0 Å². The SMILES string of the molecule is CC1CCC(CN)(c2cccs2)CC1. The molecule has 1 heterocycles. The average molecular weight is 209 g/mol. The first-order chi connectivity index (χ1) is 6.77. The van der Waals surface area contributed by atoms with Crippen molar-refractivity contribution in [2.75, 3.05) is 6.54 Å². The predicted molar refractivity (Wildman–Crippen MR) is 62.7 cm³/mol. The molecule has 1 nitrogen and oxygen atoms in total. The van der Waals surface area contributed by atoms with Crippen LogP contribution in [0, 0.1) is 5.92 Å². The van der Waals surface area contributed by atoms with Gasteiger partial charge in [0.05, 0.1) is 0 Å². The van der Waals surface area contributed by atoms with Crippen LogP contribution >= 0.6 is 11.3 Å². The van der Waals surface area contributed by atoms with Gasteiger partial charge in [0.25, 0.3) is 0 Å². The van der Waals surface area contributed by atoms with Crippen molar-refractivity contribution in [2.45, 2.75) is 38.0 Å². The Bertz CT molecular complexity index is 271. The molecule has 0 atom stereocenters. The summed E-state index contributed by atoms with van der Waals surface area (Å²) >= 11 is 1.87. The van der Waals surface area contributed by atoms with Crippen molar-refractivity contribution in [1.29, 1.82) is 0 Å². The first kappa shape index (κ1) is 10.2. The molecule has 1 aliphatic rings. The summed E-state index contributed by atoms with van der Waals surface area (Å²) in [7, 11) is 0. The van der Waals surface area contributed by atoms with Gasteiger partial charge in [-0.3, -0.25) is 0 Å². The van der Waals surface area contributed by atoms with Gasteiger partial charge < -0.3 is 5.73 Å². The zero-order valence-electron chi connectivity index (χ0n) is 8.83. The summed E-state index contributed by atoms with van der Waals surface area (Å²) in [6.07, 6.45) is 5.25. The van der Waals surface area contributed by atoms with Gasteiger partial charge in [-0.05, 0) is 43.0 Å². The Kier molecular flexibility index (Phi) is 2.93. The summed E-state index contributed by atoms with van der Waals surface area (Å²) in [5.74, 6) is 0.898. The minimum atomic E-state index is 0.320. The fraction of sp³-hybridized carbons (Fsp3) is 0.667. The molecule has 1 aliphatic carbocycles. The van der Waals surface area contributed by atoms with Gasteiger partial charge >= 0.3 is 0 Å². The van der Waals surface area contributed by atoms with E-state index in [-0.39, 0.29) is 0 Å². The molecule has 0 unspecified atom stereocenters. The van der Waals surface area contributed by atoms with E-state index in [0.717, 1.165) is 12.5 Å². The lowest BCUT2D eigenvalue weighted by Crippen LogP contribution is -2.37. The lowest BCUT2D eigenvalue weighted by atomic mass is 9.70. The van der Waals surface area contributed by atoms with Crippen molar-refractivity contribution < 1.29 is 0 Å². The van der Waals surface area contributed by atoms with Crippen LogP contribution in [0.1, 0.15) is 37.5 Å². The maximum absolute atomic E-state index is 5.98.